The van der Waals surface area contributed by atoms with Crippen LogP contribution in [0, 0.1) is 0 Å². The maximum absolute atomic E-state index is 10.8. The van der Waals surface area contributed by atoms with Crippen molar-refractivity contribution in [2.24, 2.45) is 4.99 Å². The van der Waals surface area contributed by atoms with Gasteiger partial charge >= 0.3 is 11.8 Å². The average Bonchev–Trinajstić information content (AvgIpc) is 2.77. The molecule has 0 bridgehead atoms. The second-order valence-corrected chi connectivity index (χ2v) is 3.09. The number of aliphatic imine (C=N–C) groups is 1. The van der Waals surface area contributed by atoms with Crippen LogP contribution in [0.4, 0.5) is 0 Å². The molecule has 78 valence electrons. The average molecular weight is 207 g/mol. The number of aromatic amines is 1. The number of aromatic nitrogens is 2. The molecule has 0 radical (unpaired) electrons. The van der Waals surface area contributed by atoms with Gasteiger partial charge in [0.25, 0.3) is 0 Å². The second-order valence-electron chi connectivity index (χ2n) is 3.09. The number of hydrogen-bond acceptors (Lipinski definition) is 4. The van der Waals surface area contributed by atoms with Gasteiger partial charge in [0.15, 0.2) is 0 Å². The number of carbonyl (C=O) groups is 2. The minimum absolute atomic E-state index is 0.179. The van der Waals surface area contributed by atoms with Crippen LogP contribution >= 0.6 is 0 Å². The number of rotatable bonds is 2. The molecule has 0 saturated carbocycles. The molecule has 15 heavy (non-hydrogen) atoms. The fourth-order valence-corrected chi connectivity index (χ4v) is 1.18. The quantitative estimate of drug-likeness (QED) is 0.546. The van der Waals surface area contributed by atoms with Gasteiger partial charge in [-0.15, -0.1) is 0 Å². The molecule has 1 atom stereocenters. The predicted octanol–water partition coefficient (Wildman–Crippen LogP) is -0.927. The number of carbonyl (C=O) groups excluding carboxylic acids is 2. The van der Waals surface area contributed by atoms with E-state index >= 15 is 0 Å². The lowest BCUT2D eigenvalue weighted by molar-refractivity contribution is -0.135. The Morgan fingerprint density at radius 2 is 2.00 bits per heavy atom. The van der Waals surface area contributed by atoms with E-state index in [0.717, 1.165) is 5.56 Å². The summed E-state index contributed by atoms with van der Waals surface area (Å²) in [7, 11) is 0. The minimum atomic E-state index is -0.687. The Morgan fingerprint density at radius 1 is 1.33 bits per heavy atom. The maximum Gasteiger partial charge on any atom is 0.316 e. The van der Waals surface area contributed by atoms with E-state index in [1.165, 1.54) is 0 Å². The van der Waals surface area contributed by atoms with Crippen LogP contribution in [-0.2, 0) is 9.59 Å². The van der Waals surface area contributed by atoms with Crippen LogP contribution in [0.5, 0.6) is 0 Å². The Hall–Kier alpha value is -2.18. The van der Waals surface area contributed by atoms with Crippen molar-refractivity contribution in [2.75, 3.05) is 0 Å². The molecule has 1 aromatic rings. The van der Waals surface area contributed by atoms with Crippen LogP contribution in [-0.4, -0.2) is 28.0 Å². The highest BCUT2D eigenvalue weighted by molar-refractivity contribution is 6.45. The SMILES string of the molecule is CC(N=C1NC(=O)C(=O)N1)c1cn[nH]c1. The van der Waals surface area contributed by atoms with Crippen molar-refractivity contribution in [1.29, 1.82) is 0 Å². The lowest BCUT2D eigenvalue weighted by atomic mass is 10.2. The van der Waals surface area contributed by atoms with E-state index in [-0.39, 0.29) is 12.0 Å². The van der Waals surface area contributed by atoms with Gasteiger partial charge < -0.3 is 0 Å². The predicted molar refractivity (Wildman–Crippen MR) is 50.7 cm³/mol. The molecule has 0 spiro atoms. The van der Waals surface area contributed by atoms with Gasteiger partial charge in [-0.3, -0.25) is 25.3 Å². The third-order valence-electron chi connectivity index (χ3n) is 1.99. The standard InChI is InChI=1S/C8H9N5O2/c1-4(5-2-9-10-3-5)11-8-12-6(14)7(15)13-8/h2-4H,1H3,(H,9,10)(H2,11,12,13,14,15). The van der Waals surface area contributed by atoms with Gasteiger partial charge in [0.2, 0.25) is 5.96 Å². The van der Waals surface area contributed by atoms with Crippen molar-refractivity contribution in [3.63, 3.8) is 0 Å². The number of hydrogen-bond donors (Lipinski definition) is 3. The summed E-state index contributed by atoms with van der Waals surface area (Å²) in [5, 5.41) is 11.1. The molecule has 1 saturated heterocycles. The van der Waals surface area contributed by atoms with Crippen molar-refractivity contribution >= 4 is 17.8 Å². The van der Waals surface area contributed by atoms with Gasteiger partial charge in [-0.25, -0.2) is 4.99 Å². The molecular weight excluding hydrogens is 198 g/mol. The molecule has 2 rings (SSSR count). The van der Waals surface area contributed by atoms with E-state index < -0.39 is 11.8 Å². The van der Waals surface area contributed by atoms with Crippen molar-refractivity contribution in [3.05, 3.63) is 18.0 Å². The fourth-order valence-electron chi connectivity index (χ4n) is 1.18. The zero-order chi connectivity index (χ0) is 10.8. The second kappa shape index (κ2) is 3.52. The largest absolute Gasteiger partial charge is 0.316 e. The zero-order valence-corrected chi connectivity index (χ0v) is 7.94. The highest BCUT2D eigenvalue weighted by Gasteiger charge is 2.25. The molecular formula is C8H9N5O2. The molecule has 7 heteroatoms. The molecule has 0 aliphatic carbocycles. The summed E-state index contributed by atoms with van der Waals surface area (Å²) in [5.74, 6) is -1.19. The molecule has 2 heterocycles. The first-order valence-corrected chi connectivity index (χ1v) is 4.35. The number of amides is 2. The highest BCUT2D eigenvalue weighted by atomic mass is 16.2. The van der Waals surface area contributed by atoms with Crippen LogP contribution in [0.2, 0.25) is 0 Å². The molecule has 0 aromatic carbocycles. The fraction of sp³-hybridized carbons (Fsp3) is 0.250. The van der Waals surface area contributed by atoms with Crippen molar-refractivity contribution in [1.82, 2.24) is 20.8 Å². The summed E-state index contributed by atoms with van der Waals surface area (Å²) in [4.78, 5) is 25.8. The van der Waals surface area contributed by atoms with E-state index in [2.05, 4.69) is 25.8 Å². The Morgan fingerprint density at radius 3 is 2.53 bits per heavy atom. The third-order valence-corrected chi connectivity index (χ3v) is 1.99. The molecule has 1 aromatic heterocycles. The van der Waals surface area contributed by atoms with Gasteiger partial charge in [-0.2, -0.15) is 5.10 Å². The molecule has 3 N–H and O–H groups in total. The smallest absolute Gasteiger partial charge is 0.288 e. The number of nitrogens with one attached hydrogen (secondary N) is 3. The van der Waals surface area contributed by atoms with E-state index in [0.29, 0.717) is 0 Å². The monoisotopic (exact) mass is 207 g/mol. The highest BCUT2D eigenvalue weighted by Crippen LogP contribution is 2.14. The number of H-pyrrole nitrogens is 1. The molecule has 1 aliphatic heterocycles. The Kier molecular flexibility index (Phi) is 2.20. The normalized spacial score (nSPS) is 17.3. The van der Waals surface area contributed by atoms with E-state index in [4.69, 9.17) is 0 Å². The summed E-state index contributed by atoms with van der Waals surface area (Å²) in [6, 6.07) is -0.183. The zero-order valence-electron chi connectivity index (χ0n) is 7.94. The summed E-state index contributed by atoms with van der Waals surface area (Å²) < 4.78 is 0. The van der Waals surface area contributed by atoms with Crippen molar-refractivity contribution < 1.29 is 9.59 Å². The summed E-state index contributed by atoms with van der Waals surface area (Å²) in [5.41, 5.74) is 0.873. The van der Waals surface area contributed by atoms with Gasteiger partial charge in [0, 0.05) is 11.8 Å². The van der Waals surface area contributed by atoms with Crippen LogP contribution in [0.1, 0.15) is 18.5 Å². The van der Waals surface area contributed by atoms with Crippen LogP contribution < -0.4 is 10.6 Å². The first-order chi connectivity index (χ1) is 7.16. The number of guanidine groups is 1. The molecule has 1 fully saturated rings. The van der Waals surface area contributed by atoms with E-state index in [1.807, 2.05) is 6.92 Å². The summed E-state index contributed by atoms with van der Waals surface area (Å²) in [6.45, 7) is 1.83. The Bertz CT molecular complexity index is 404. The van der Waals surface area contributed by atoms with E-state index in [1.54, 1.807) is 12.4 Å². The molecule has 1 unspecified atom stereocenters. The molecule has 2 amide bonds. The summed E-state index contributed by atoms with van der Waals surface area (Å²) >= 11 is 0. The van der Waals surface area contributed by atoms with E-state index in [9.17, 15) is 9.59 Å². The van der Waals surface area contributed by atoms with Crippen LogP contribution in [0.3, 0.4) is 0 Å². The third kappa shape index (κ3) is 1.85. The lowest BCUT2D eigenvalue weighted by Gasteiger charge is -2.03. The first-order valence-electron chi connectivity index (χ1n) is 4.35. The van der Waals surface area contributed by atoms with Gasteiger partial charge in [0.1, 0.15) is 0 Å². The molecule has 1 aliphatic rings. The first kappa shape index (κ1) is 9.38. The van der Waals surface area contributed by atoms with Crippen LogP contribution in [0.15, 0.2) is 17.4 Å². The Labute approximate surface area is 85.0 Å². The van der Waals surface area contributed by atoms with Gasteiger partial charge in [-0.1, -0.05) is 0 Å². The van der Waals surface area contributed by atoms with Crippen molar-refractivity contribution in [2.45, 2.75) is 13.0 Å². The Balaban J connectivity index is 2.11. The number of nitrogens with zero attached hydrogens (tertiary/aromatic N) is 2. The minimum Gasteiger partial charge on any atom is -0.288 e. The topological polar surface area (TPSA) is 99.2 Å². The molecule has 7 nitrogen and oxygen atoms in total. The van der Waals surface area contributed by atoms with Crippen molar-refractivity contribution in [3.8, 4) is 0 Å². The van der Waals surface area contributed by atoms with Gasteiger partial charge in [-0.05, 0) is 6.92 Å². The van der Waals surface area contributed by atoms with Crippen LogP contribution in [0.25, 0.3) is 0 Å². The maximum atomic E-state index is 10.8. The summed E-state index contributed by atoms with van der Waals surface area (Å²) in [6.07, 6.45) is 3.33. The van der Waals surface area contributed by atoms with Gasteiger partial charge in [0.05, 0.1) is 12.2 Å². The lowest BCUT2D eigenvalue weighted by Crippen LogP contribution is -2.26.